The summed E-state index contributed by atoms with van der Waals surface area (Å²) in [6.45, 7) is 0.532. The van der Waals surface area contributed by atoms with Gasteiger partial charge in [0, 0.05) is 11.5 Å². The highest BCUT2D eigenvalue weighted by Crippen LogP contribution is 2.57. The van der Waals surface area contributed by atoms with Gasteiger partial charge >= 0.3 is 5.97 Å². The zero-order chi connectivity index (χ0) is 25.0. The summed E-state index contributed by atoms with van der Waals surface area (Å²) >= 11 is 1.47. The second kappa shape index (κ2) is 9.31. The first-order valence-electron chi connectivity index (χ1n) is 13.9. The van der Waals surface area contributed by atoms with Crippen molar-refractivity contribution in [3.8, 4) is 21.3 Å². The Morgan fingerprint density at radius 2 is 1.73 bits per heavy atom. The predicted octanol–water partition coefficient (Wildman–Crippen LogP) is 6.83. The summed E-state index contributed by atoms with van der Waals surface area (Å²) in [6.07, 6.45) is 14.0. The summed E-state index contributed by atoms with van der Waals surface area (Å²) in [5.74, 6) is 3.11. The number of aromatic amines is 1. The van der Waals surface area contributed by atoms with Crippen LogP contribution >= 0.6 is 11.3 Å². The monoisotopic (exact) mass is 518 g/mol. The van der Waals surface area contributed by atoms with E-state index in [4.69, 9.17) is 9.72 Å². The number of aromatic nitrogens is 4. The van der Waals surface area contributed by atoms with Crippen LogP contribution in [0.2, 0.25) is 0 Å². The molecule has 194 valence electrons. The first-order chi connectivity index (χ1) is 18.0. The molecule has 0 saturated heterocycles. The van der Waals surface area contributed by atoms with Crippen LogP contribution in [-0.2, 0) is 11.3 Å². The van der Waals surface area contributed by atoms with Crippen molar-refractivity contribution in [2.24, 2.45) is 17.8 Å². The molecule has 8 rings (SSSR count). The molecule has 5 aliphatic rings. The number of nitrogens with zero attached hydrogens (tertiary/aromatic N) is 3. The molecule has 0 radical (unpaired) electrons. The number of carboxylic acids is 1. The topological polar surface area (TPSA) is 101 Å². The Bertz CT molecular complexity index is 1270. The number of rotatable bonds is 7. The van der Waals surface area contributed by atoms with Crippen LogP contribution in [0, 0.1) is 17.8 Å². The van der Waals surface area contributed by atoms with Crippen LogP contribution in [-0.4, -0.2) is 36.8 Å². The standard InChI is InChI=1S/C29H34N4O3S/c34-28(35)22-8-4-7-21(12-22)26-32-33-27(37-26)24-23(30-25(31-24)20-5-2-1-3-6-20)16-36-29-13-17-9-18(14-29)11-19(10-17)15-29/h4,7-8,12,17-20H,1-3,5-6,9-11,13-16H2,(H,30,31)(H,34,35). The number of H-pyrrole nitrogens is 1. The summed E-state index contributed by atoms with van der Waals surface area (Å²) in [5, 5.41) is 19.8. The molecule has 1 aromatic carbocycles. The van der Waals surface area contributed by atoms with E-state index in [1.54, 1.807) is 18.2 Å². The third kappa shape index (κ3) is 4.52. The van der Waals surface area contributed by atoms with Gasteiger partial charge in [-0.25, -0.2) is 9.78 Å². The number of benzene rings is 1. The molecule has 0 amide bonds. The quantitative estimate of drug-likeness (QED) is 0.356. The zero-order valence-corrected chi connectivity index (χ0v) is 21.9. The van der Waals surface area contributed by atoms with Crippen molar-refractivity contribution >= 4 is 17.3 Å². The molecular formula is C29H34N4O3S. The fourth-order valence-corrected chi connectivity index (χ4v) is 8.79. The highest BCUT2D eigenvalue weighted by molar-refractivity contribution is 7.17. The highest BCUT2D eigenvalue weighted by atomic mass is 32.1. The Labute approximate surface area is 221 Å². The molecule has 4 bridgehead atoms. The Morgan fingerprint density at radius 1 is 1.03 bits per heavy atom. The molecule has 8 heteroatoms. The summed E-state index contributed by atoms with van der Waals surface area (Å²) in [4.78, 5) is 20.2. The summed E-state index contributed by atoms with van der Waals surface area (Å²) in [5.41, 5.74) is 2.91. The van der Waals surface area contributed by atoms with E-state index in [9.17, 15) is 9.90 Å². The molecule has 5 fully saturated rings. The van der Waals surface area contributed by atoms with Crippen LogP contribution in [0.5, 0.6) is 0 Å². The van der Waals surface area contributed by atoms with Crippen LogP contribution in [0.15, 0.2) is 24.3 Å². The lowest BCUT2D eigenvalue weighted by molar-refractivity contribution is -0.169. The molecule has 3 aromatic rings. The molecule has 7 nitrogen and oxygen atoms in total. The van der Waals surface area contributed by atoms with E-state index in [2.05, 4.69) is 15.2 Å². The maximum absolute atomic E-state index is 11.4. The summed E-state index contributed by atoms with van der Waals surface area (Å²) in [7, 11) is 0. The molecule has 0 atom stereocenters. The normalized spacial score (nSPS) is 29.1. The predicted molar refractivity (Wildman–Crippen MR) is 141 cm³/mol. The maximum Gasteiger partial charge on any atom is 0.335 e. The van der Waals surface area contributed by atoms with Crippen LogP contribution in [0.4, 0.5) is 0 Å². The van der Waals surface area contributed by atoms with E-state index in [0.717, 1.165) is 45.5 Å². The maximum atomic E-state index is 11.4. The second-order valence-corrected chi connectivity index (χ2v) is 12.9. The Morgan fingerprint density at radius 3 is 2.43 bits per heavy atom. The lowest BCUT2D eigenvalue weighted by Gasteiger charge is -2.56. The van der Waals surface area contributed by atoms with E-state index in [0.29, 0.717) is 17.5 Å². The molecule has 0 unspecified atom stereocenters. The minimum atomic E-state index is -0.944. The molecule has 5 saturated carbocycles. The Kier molecular flexibility index (Phi) is 5.92. The van der Waals surface area contributed by atoms with Crippen LogP contribution in [0.3, 0.4) is 0 Å². The van der Waals surface area contributed by atoms with Gasteiger partial charge < -0.3 is 14.8 Å². The van der Waals surface area contributed by atoms with E-state index < -0.39 is 5.97 Å². The number of nitrogens with one attached hydrogen (secondary N) is 1. The first kappa shape index (κ1) is 23.5. The first-order valence-corrected chi connectivity index (χ1v) is 14.8. The number of carboxylic acid groups (broad SMARTS) is 1. The summed E-state index contributed by atoms with van der Waals surface area (Å²) in [6, 6.07) is 6.88. The highest BCUT2D eigenvalue weighted by Gasteiger charge is 2.51. The lowest BCUT2D eigenvalue weighted by atomic mass is 9.54. The van der Waals surface area contributed by atoms with Crippen molar-refractivity contribution in [3.05, 3.63) is 41.3 Å². The molecule has 0 spiro atoms. The van der Waals surface area contributed by atoms with E-state index in [1.165, 1.54) is 82.0 Å². The van der Waals surface area contributed by atoms with Gasteiger partial charge in [0.05, 0.1) is 23.5 Å². The lowest BCUT2D eigenvalue weighted by Crippen LogP contribution is -2.51. The molecule has 37 heavy (non-hydrogen) atoms. The SMILES string of the molecule is O=C(O)c1cccc(-c2nnc(-c3nc(C4CCCCC4)[nH]c3COC34CC5CC(CC(C5)C3)C4)s2)c1. The average molecular weight is 519 g/mol. The smallest absolute Gasteiger partial charge is 0.335 e. The molecule has 2 N–H and O–H groups in total. The van der Waals surface area contributed by atoms with Gasteiger partial charge in [-0.2, -0.15) is 0 Å². The van der Waals surface area contributed by atoms with Gasteiger partial charge in [0.2, 0.25) is 0 Å². The molecule has 5 aliphatic carbocycles. The fraction of sp³-hybridized carbons (Fsp3) is 0.586. The molecule has 2 aromatic heterocycles. The van der Waals surface area contributed by atoms with Crippen molar-refractivity contribution in [2.45, 2.75) is 88.8 Å². The zero-order valence-electron chi connectivity index (χ0n) is 21.1. The van der Waals surface area contributed by atoms with Crippen molar-refractivity contribution in [1.82, 2.24) is 20.2 Å². The molecule has 2 heterocycles. The average Bonchev–Trinajstić information content (AvgIpc) is 3.55. The summed E-state index contributed by atoms with van der Waals surface area (Å²) < 4.78 is 6.84. The van der Waals surface area contributed by atoms with Gasteiger partial charge in [0.25, 0.3) is 0 Å². The van der Waals surface area contributed by atoms with Crippen molar-refractivity contribution in [1.29, 1.82) is 0 Å². The Balaban J connectivity index is 1.18. The van der Waals surface area contributed by atoms with E-state index >= 15 is 0 Å². The molecular weight excluding hydrogens is 484 g/mol. The van der Waals surface area contributed by atoms with E-state index in [-0.39, 0.29) is 11.2 Å². The van der Waals surface area contributed by atoms with Crippen LogP contribution in [0.25, 0.3) is 21.3 Å². The van der Waals surface area contributed by atoms with Gasteiger partial charge in [-0.15, -0.1) is 10.2 Å². The fourth-order valence-electron chi connectivity index (χ4n) is 7.93. The van der Waals surface area contributed by atoms with Crippen molar-refractivity contribution in [2.75, 3.05) is 0 Å². The number of ether oxygens (including phenoxy) is 1. The van der Waals surface area contributed by atoms with Gasteiger partial charge in [-0.3, -0.25) is 0 Å². The third-order valence-corrected chi connectivity index (χ3v) is 10.3. The number of hydrogen-bond acceptors (Lipinski definition) is 6. The molecule has 0 aliphatic heterocycles. The van der Waals surface area contributed by atoms with E-state index in [1.807, 2.05) is 6.07 Å². The number of hydrogen-bond donors (Lipinski definition) is 2. The number of carbonyl (C=O) groups is 1. The van der Waals surface area contributed by atoms with Gasteiger partial charge in [0.15, 0.2) is 5.01 Å². The van der Waals surface area contributed by atoms with Crippen molar-refractivity contribution < 1.29 is 14.6 Å². The van der Waals surface area contributed by atoms with Crippen molar-refractivity contribution in [3.63, 3.8) is 0 Å². The Hall–Kier alpha value is -2.58. The minimum absolute atomic E-state index is 0.0334. The number of imidazole rings is 1. The van der Waals surface area contributed by atoms with Crippen LogP contribution in [0.1, 0.15) is 98.4 Å². The number of aromatic carboxylic acids is 1. The van der Waals surface area contributed by atoms with Crippen LogP contribution < -0.4 is 0 Å². The second-order valence-electron chi connectivity index (χ2n) is 12.0. The largest absolute Gasteiger partial charge is 0.478 e. The minimum Gasteiger partial charge on any atom is -0.478 e. The third-order valence-electron chi connectivity index (χ3n) is 9.28. The van der Waals surface area contributed by atoms with Gasteiger partial charge in [0.1, 0.15) is 16.5 Å². The van der Waals surface area contributed by atoms with Gasteiger partial charge in [-0.1, -0.05) is 42.7 Å². The van der Waals surface area contributed by atoms with Gasteiger partial charge in [-0.05, 0) is 81.3 Å².